The molecule has 0 saturated heterocycles. The largest absolute Gasteiger partial charge is 0.398 e. The van der Waals surface area contributed by atoms with E-state index in [1.54, 1.807) is 29.1 Å². The zero-order chi connectivity index (χ0) is 13.8. The summed E-state index contributed by atoms with van der Waals surface area (Å²) in [7, 11) is 0. The van der Waals surface area contributed by atoms with Gasteiger partial charge in [0.25, 0.3) is 5.91 Å². The average Bonchev–Trinajstić information content (AvgIpc) is 2.85. The number of carbonyl (C=O) groups is 1. The molecule has 5 nitrogen and oxygen atoms in total. The van der Waals surface area contributed by atoms with Gasteiger partial charge >= 0.3 is 0 Å². The Balaban J connectivity index is 2.02. The SMILES string of the molecule is CC(Cn1cccn1)NC(=O)c1cccc(N)c1Cl. The maximum Gasteiger partial charge on any atom is 0.253 e. The quantitative estimate of drug-likeness (QED) is 0.840. The first-order valence-corrected chi connectivity index (χ1v) is 6.28. The van der Waals surface area contributed by atoms with E-state index in [2.05, 4.69) is 10.4 Å². The Hall–Kier alpha value is -2.01. The van der Waals surface area contributed by atoms with Crippen LogP contribution in [0.2, 0.25) is 5.02 Å². The summed E-state index contributed by atoms with van der Waals surface area (Å²) >= 11 is 6.01. The number of carbonyl (C=O) groups excluding carboxylic acids is 1. The van der Waals surface area contributed by atoms with Gasteiger partial charge in [0, 0.05) is 18.4 Å². The summed E-state index contributed by atoms with van der Waals surface area (Å²) in [6, 6.07) is 6.78. The van der Waals surface area contributed by atoms with Crippen LogP contribution in [0.1, 0.15) is 17.3 Å². The molecule has 0 bridgehead atoms. The van der Waals surface area contributed by atoms with E-state index in [1.165, 1.54) is 0 Å². The van der Waals surface area contributed by atoms with Crippen molar-refractivity contribution < 1.29 is 4.79 Å². The first-order chi connectivity index (χ1) is 9.08. The number of amides is 1. The normalized spacial score (nSPS) is 12.1. The molecule has 0 aliphatic rings. The van der Waals surface area contributed by atoms with Gasteiger partial charge in [-0.1, -0.05) is 17.7 Å². The smallest absolute Gasteiger partial charge is 0.253 e. The topological polar surface area (TPSA) is 72.9 Å². The lowest BCUT2D eigenvalue weighted by atomic mass is 10.1. The van der Waals surface area contributed by atoms with E-state index in [9.17, 15) is 4.79 Å². The van der Waals surface area contributed by atoms with Crippen molar-refractivity contribution in [2.45, 2.75) is 19.5 Å². The molecule has 1 heterocycles. The highest BCUT2D eigenvalue weighted by atomic mass is 35.5. The number of hydrogen-bond acceptors (Lipinski definition) is 3. The molecule has 0 spiro atoms. The number of nitrogens with zero attached hydrogens (tertiary/aromatic N) is 2. The molecule has 2 aromatic rings. The maximum absolute atomic E-state index is 12.1. The van der Waals surface area contributed by atoms with Crippen molar-refractivity contribution in [2.24, 2.45) is 0 Å². The molecule has 1 aromatic heterocycles. The van der Waals surface area contributed by atoms with Gasteiger partial charge in [0.1, 0.15) is 0 Å². The van der Waals surface area contributed by atoms with Crippen molar-refractivity contribution in [1.29, 1.82) is 0 Å². The van der Waals surface area contributed by atoms with Crippen molar-refractivity contribution >= 4 is 23.2 Å². The number of benzene rings is 1. The monoisotopic (exact) mass is 278 g/mol. The van der Waals surface area contributed by atoms with Crippen molar-refractivity contribution in [1.82, 2.24) is 15.1 Å². The molecule has 1 unspecified atom stereocenters. The molecule has 100 valence electrons. The number of rotatable bonds is 4. The molecule has 0 saturated carbocycles. The fourth-order valence-corrected chi connectivity index (χ4v) is 1.97. The zero-order valence-corrected chi connectivity index (χ0v) is 11.3. The standard InChI is InChI=1S/C13H15ClN4O/c1-9(8-18-7-3-6-16-18)17-13(19)10-4-2-5-11(15)12(10)14/h2-7,9H,8,15H2,1H3,(H,17,19). The second kappa shape index (κ2) is 5.75. The van der Waals surface area contributed by atoms with E-state index in [4.69, 9.17) is 17.3 Å². The van der Waals surface area contributed by atoms with E-state index in [1.807, 2.05) is 19.2 Å². The van der Waals surface area contributed by atoms with Crippen LogP contribution in [0.25, 0.3) is 0 Å². The van der Waals surface area contributed by atoms with Gasteiger partial charge in [-0.25, -0.2) is 0 Å². The number of nitrogens with two attached hydrogens (primary N) is 1. The minimum atomic E-state index is -0.239. The van der Waals surface area contributed by atoms with Crippen LogP contribution in [0.5, 0.6) is 0 Å². The number of hydrogen-bond donors (Lipinski definition) is 2. The van der Waals surface area contributed by atoms with Crippen LogP contribution in [0.3, 0.4) is 0 Å². The van der Waals surface area contributed by atoms with E-state index in [0.717, 1.165) is 0 Å². The number of aromatic nitrogens is 2. The maximum atomic E-state index is 12.1. The van der Waals surface area contributed by atoms with Crippen LogP contribution in [0.4, 0.5) is 5.69 Å². The third-order valence-electron chi connectivity index (χ3n) is 2.67. The Kier molecular flexibility index (Phi) is 4.06. The van der Waals surface area contributed by atoms with Gasteiger partial charge in [-0.3, -0.25) is 9.48 Å². The van der Waals surface area contributed by atoms with Crippen molar-refractivity contribution in [2.75, 3.05) is 5.73 Å². The predicted octanol–water partition coefficient (Wildman–Crippen LogP) is 1.94. The highest BCUT2D eigenvalue weighted by Crippen LogP contribution is 2.22. The van der Waals surface area contributed by atoms with E-state index >= 15 is 0 Å². The highest BCUT2D eigenvalue weighted by molar-refractivity contribution is 6.36. The van der Waals surface area contributed by atoms with Gasteiger partial charge in [-0.05, 0) is 25.1 Å². The molecule has 19 heavy (non-hydrogen) atoms. The van der Waals surface area contributed by atoms with Crippen molar-refractivity contribution in [3.05, 3.63) is 47.2 Å². The van der Waals surface area contributed by atoms with Crippen LogP contribution in [0.15, 0.2) is 36.7 Å². The van der Waals surface area contributed by atoms with Crippen LogP contribution in [0, 0.1) is 0 Å². The minimum absolute atomic E-state index is 0.0649. The molecule has 2 rings (SSSR count). The Labute approximate surface area is 116 Å². The summed E-state index contributed by atoms with van der Waals surface area (Å²) < 4.78 is 1.76. The van der Waals surface area contributed by atoms with Crippen LogP contribution in [-0.2, 0) is 6.54 Å². The lowest BCUT2D eigenvalue weighted by Gasteiger charge is -2.15. The van der Waals surface area contributed by atoms with Crippen molar-refractivity contribution in [3.63, 3.8) is 0 Å². The molecular weight excluding hydrogens is 264 g/mol. The van der Waals surface area contributed by atoms with Crippen LogP contribution in [-0.4, -0.2) is 21.7 Å². The van der Waals surface area contributed by atoms with Gasteiger partial charge < -0.3 is 11.1 Å². The third-order valence-corrected chi connectivity index (χ3v) is 3.09. The van der Waals surface area contributed by atoms with Gasteiger partial charge in [0.05, 0.1) is 22.8 Å². The first kappa shape index (κ1) is 13.4. The third kappa shape index (κ3) is 3.26. The summed E-state index contributed by atoms with van der Waals surface area (Å²) in [5.41, 5.74) is 6.45. The number of halogens is 1. The number of anilines is 1. The second-order valence-electron chi connectivity index (χ2n) is 4.31. The Morgan fingerprint density at radius 3 is 3.00 bits per heavy atom. The Morgan fingerprint density at radius 1 is 1.53 bits per heavy atom. The lowest BCUT2D eigenvalue weighted by molar-refractivity contribution is 0.0936. The van der Waals surface area contributed by atoms with E-state index in [0.29, 0.717) is 17.8 Å². The van der Waals surface area contributed by atoms with Gasteiger partial charge in [-0.2, -0.15) is 5.10 Å². The van der Waals surface area contributed by atoms with E-state index < -0.39 is 0 Å². The molecule has 1 aromatic carbocycles. The van der Waals surface area contributed by atoms with Crippen LogP contribution < -0.4 is 11.1 Å². The summed E-state index contributed by atoms with van der Waals surface area (Å²) in [4.78, 5) is 12.1. The van der Waals surface area contributed by atoms with Crippen molar-refractivity contribution in [3.8, 4) is 0 Å². The molecule has 1 amide bonds. The minimum Gasteiger partial charge on any atom is -0.398 e. The van der Waals surface area contributed by atoms with E-state index in [-0.39, 0.29) is 17.0 Å². The number of nitrogens with one attached hydrogen (secondary N) is 1. The van der Waals surface area contributed by atoms with Gasteiger partial charge in [-0.15, -0.1) is 0 Å². The molecule has 1 atom stereocenters. The van der Waals surface area contributed by atoms with Gasteiger partial charge in [0.15, 0.2) is 0 Å². The lowest BCUT2D eigenvalue weighted by Crippen LogP contribution is -2.36. The Bertz CT molecular complexity index is 568. The Morgan fingerprint density at radius 2 is 2.32 bits per heavy atom. The second-order valence-corrected chi connectivity index (χ2v) is 4.69. The highest BCUT2D eigenvalue weighted by Gasteiger charge is 2.14. The zero-order valence-electron chi connectivity index (χ0n) is 10.5. The molecular formula is C13H15ClN4O. The molecule has 0 radical (unpaired) electrons. The molecule has 3 N–H and O–H groups in total. The summed E-state index contributed by atoms with van der Waals surface area (Å²) in [5, 5.41) is 7.23. The van der Waals surface area contributed by atoms with Crippen LogP contribution >= 0.6 is 11.6 Å². The van der Waals surface area contributed by atoms with Gasteiger partial charge in [0.2, 0.25) is 0 Å². The summed E-state index contributed by atoms with van der Waals surface area (Å²) in [6.07, 6.45) is 3.54. The molecule has 0 aliphatic heterocycles. The molecule has 0 fully saturated rings. The fourth-order valence-electron chi connectivity index (χ4n) is 1.76. The average molecular weight is 279 g/mol. The molecule has 0 aliphatic carbocycles. The summed E-state index contributed by atoms with van der Waals surface area (Å²) in [5.74, 6) is -0.239. The number of nitrogen functional groups attached to an aromatic ring is 1. The summed E-state index contributed by atoms with van der Waals surface area (Å²) in [6.45, 7) is 2.50. The predicted molar refractivity (Wildman–Crippen MR) is 75.0 cm³/mol. The fraction of sp³-hybridized carbons (Fsp3) is 0.231. The molecule has 6 heteroatoms. The first-order valence-electron chi connectivity index (χ1n) is 5.90.